The molecule has 8 nitrogen and oxygen atoms in total. The minimum Gasteiger partial charge on any atom is -0.493 e. The number of nitro groups is 1. The second-order valence-electron chi connectivity index (χ2n) is 6.98. The molecule has 0 aromatic heterocycles. The van der Waals surface area contributed by atoms with Crippen LogP contribution in [-0.2, 0) is 5.41 Å². The summed E-state index contributed by atoms with van der Waals surface area (Å²) in [5.41, 5.74) is 0.426. The third-order valence-electron chi connectivity index (χ3n) is 5.52. The van der Waals surface area contributed by atoms with Crippen LogP contribution in [0, 0.1) is 10.1 Å². The molecule has 1 aliphatic rings. The summed E-state index contributed by atoms with van der Waals surface area (Å²) < 4.78 is 15.6. The van der Waals surface area contributed by atoms with Crippen LogP contribution >= 0.6 is 0 Å². The molecule has 1 fully saturated rings. The molecule has 0 unspecified atom stereocenters. The van der Waals surface area contributed by atoms with Crippen molar-refractivity contribution in [3.05, 3.63) is 57.6 Å². The minimum atomic E-state index is -0.647. The van der Waals surface area contributed by atoms with Crippen LogP contribution in [0.2, 0.25) is 0 Å². The Bertz CT molecular complexity index is 909. The molecule has 1 aliphatic carbocycles. The van der Waals surface area contributed by atoms with Gasteiger partial charge in [-0.2, -0.15) is 0 Å². The maximum Gasteiger partial charge on any atom is 0.327 e. The van der Waals surface area contributed by atoms with E-state index in [1.807, 2.05) is 30.3 Å². The van der Waals surface area contributed by atoms with Crippen molar-refractivity contribution in [3.8, 4) is 17.2 Å². The number of rotatable bonds is 8. The van der Waals surface area contributed by atoms with Gasteiger partial charge in [-0.1, -0.05) is 36.8 Å². The van der Waals surface area contributed by atoms with Crippen molar-refractivity contribution in [1.82, 2.24) is 5.32 Å². The van der Waals surface area contributed by atoms with Gasteiger partial charge < -0.3 is 19.5 Å². The Labute approximate surface area is 168 Å². The summed E-state index contributed by atoms with van der Waals surface area (Å²) in [6, 6.07) is 11.3. The summed E-state index contributed by atoms with van der Waals surface area (Å²) in [6.45, 7) is 0.393. The molecule has 0 spiro atoms. The van der Waals surface area contributed by atoms with Crippen molar-refractivity contribution >= 4 is 11.6 Å². The fourth-order valence-electron chi connectivity index (χ4n) is 3.80. The van der Waals surface area contributed by atoms with Gasteiger partial charge >= 0.3 is 5.69 Å². The molecule has 3 rings (SSSR count). The molecule has 154 valence electrons. The number of nitrogens with zero attached hydrogens (tertiary/aromatic N) is 1. The van der Waals surface area contributed by atoms with Gasteiger partial charge in [0.2, 0.25) is 11.5 Å². The first kappa shape index (κ1) is 20.4. The number of nitro benzene ring substituents is 1. The Balaban J connectivity index is 1.93. The summed E-state index contributed by atoms with van der Waals surface area (Å²) in [5.74, 6) is -0.457. The number of carbonyl (C=O) groups excluding carboxylic acids is 1. The van der Waals surface area contributed by atoms with Crippen LogP contribution in [0.25, 0.3) is 0 Å². The molecular weight excluding hydrogens is 376 g/mol. The van der Waals surface area contributed by atoms with Crippen molar-refractivity contribution in [1.29, 1.82) is 0 Å². The third-order valence-corrected chi connectivity index (χ3v) is 5.52. The van der Waals surface area contributed by atoms with E-state index in [4.69, 9.17) is 14.2 Å². The van der Waals surface area contributed by atoms with Gasteiger partial charge in [-0.3, -0.25) is 14.9 Å². The van der Waals surface area contributed by atoms with Gasteiger partial charge in [0, 0.05) is 18.0 Å². The molecule has 1 amide bonds. The second-order valence-corrected chi connectivity index (χ2v) is 6.98. The topological polar surface area (TPSA) is 99.9 Å². The molecule has 2 aromatic carbocycles. The molecule has 0 radical (unpaired) electrons. The zero-order valence-electron chi connectivity index (χ0n) is 16.7. The van der Waals surface area contributed by atoms with E-state index >= 15 is 0 Å². The van der Waals surface area contributed by atoms with Crippen molar-refractivity contribution in [2.45, 2.75) is 24.7 Å². The standard InChI is InChI=1S/C21H24N2O6/c1-27-16-12-15(17(23(25)26)19(29-3)18(16)28-2)20(24)22-13-21(10-7-11-21)14-8-5-4-6-9-14/h4-6,8-9,12H,7,10-11,13H2,1-3H3,(H,22,24). The number of amides is 1. The number of nitrogens with one attached hydrogen (secondary N) is 1. The highest BCUT2D eigenvalue weighted by molar-refractivity contribution is 6.00. The molecule has 1 saturated carbocycles. The first-order chi connectivity index (χ1) is 14.0. The molecular formula is C21H24N2O6. The number of carbonyl (C=O) groups is 1. The Morgan fingerprint density at radius 2 is 1.76 bits per heavy atom. The predicted octanol–water partition coefficient (Wildman–Crippen LogP) is 3.47. The van der Waals surface area contributed by atoms with E-state index in [0.29, 0.717) is 6.54 Å². The first-order valence-corrected chi connectivity index (χ1v) is 9.28. The number of hydrogen-bond acceptors (Lipinski definition) is 6. The number of ether oxygens (including phenoxy) is 3. The average Bonchev–Trinajstić information content (AvgIpc) is 2.71. The maximum absolute atomic E-state index is 13.0. The van der Waals surface area contributed by atoms with Gasteiger partial charge in [-0.15, -0.1) is 0 Å². The fourth-order valence-corrected chi connectivity index (χ4v) is 3.80. The van der Waals surface area contributed by atoms with Gasteiger partial charge in [-0.05, 0) is 18.4 Å². The van der Waals surface area contributed by atoms with Crippen LogP contribution in [0.3, 0.4) is 0 Å². The Morgan fingerprint density at radius 1 is 1.10 bits per heavy atom. The van der Waals surface area contributed by atoms with Crippen LogP contribution in [0.4, 0.5) is 5.69 Å². The van der Waals surface area contributed by atoms with E-state index in [0.717, 1.165) is 24.8 Å². The van der Waals surface area contributed by atoms with Crippen molar-refractivity contribution in [2.75, 3.05) is 27.9 Å². The van der Waals surface area contributed by atoms with Crippen molar-refractivity contribution in [3.63, 3.8) is 0 Å². The van der Waals surface area contributed by atoms with Gasteiger partial charge in [0.05, 0.1) is 26.3 Å². The fraction of sp³-hybridized carbons (Fsp3) is 0.381. The molecule has 0 aliphatic heterocycles. The van der Waals surface area contributed by atoms with E-state index in [-0.39, 0.29) is 28.2 Å². The van der Waals surface area contributed by atoms with E-state index in [1.54, 1.807) is 0 Å². The monoisotopic (exact) mass is 400 g/mol. The SMILES string of the molecule is COc1cc(C(=O)NCC2(c3ccccc3)CCC2)c([N+](=O)[O-])c(OC)c1OC. The van der Waals surface area contributed by atoms with Gasteiger partial charge in [0.25, 0.3) is 5.91 Å². The molecule has 29 heavy (non-hydrogen) atoms. The minimum absolute atomic E-state index is 0.0676. The predicted molar refractivity (Wildman–Crippen MR) is 107 cm³/mol. The van der Waals surface area contributed by atoms with E-state index in [2.05, 4.69) is 5.32 Å². The summed E-state index contributed by atoms with van der Waals surface area (Å²) >= 11 is 0. The first-order valence-electron chi connectivity index (χ1n) is 9.28. The quantitative estimate of drug-likeness (QED) is 0.538. The average molecular weight is 400 g/mol. The highest BCUT2D eigenvalue weighted by atomic mass is 16.6. The highest BCUT2D eigenvalue weighted by Gasteiger charge is 2.40. The summed E-state index contributed by atoms with van der Waals surface area (Å²) in [7, 11) is 4.03. The smallest absolute Gasteiger partial charge is 0.327 e. The lowest BCUT2D eigenvalue weighted by Gasteiger charge is -2.42. The molecule has 0 saturated heterocycles. The zero-order valence-corrected chi connectivity index (χ0v) is 16.7. The van der Waals surface area contributed by atoms with Crippen LogP contribution in [0.5, 0.6) is 17.2 Å². The molecule has 0 heterocycles. The molecule has 2 aromatic rings. The maximum atomic E-state index is 13.0. The second kappa shape index (κ2) is 8.38. The van der Waals surface area contributed by atoms with Crippen LogP contribution in [0.15, 0.2) is 36.4 Å². The lowest BCUT2D eigenvalue weighted by molar-refractivity contribution is -0.386. The molecule has 0 bridgehead atoms. The van der Waals surface area contributed by atoms with E-state index in [9.17, 15) is 14.9 Å². The summed E-state index contributed by atoms with van der Waals surface area (Å²) in [4.78, 5) is 24.0. The van der Waals surface area contributed by atoms with Gasteiger partial charge in [0.1, 0.15) is 5.56 Å². The molecule has 8 heteroatoms. The number of hydrogen-bond donors (Lipinski definition) is 1. The lowest BCUT2D eigenvalue weighted by atomic mass is 9.64. The van der Waals surface area contributed by atoms with Crippen LogP contribution in [0.1, 0.15) is 35.2 Å². The summed E-state index contributed by atoms with van der Waals surface area (Å²) in [5, 5.41) is 14.6. The van der Waals surface area contributed by atoms with Gasteiger partial charge in [-0.25, -0.2) is 0 Å². The largest absolute Gasteiger partial charge is 0.493 e. The highest BCUT2D eigenvalue weighted by Crippen LogP contribution is 2.47. The normalized spacial score (nSPS) is 14.4. The Kier molecular flexibility index (Phi) is 5.91. The number of methoxy groups -OCH3 is 3. The zero-order chi connectivity index (χ0) is 21.0. The Morgan fingerprint density at radius 3 is 2.24 bits per heavy atom. The van der Waals surface area contributed by atoms with E-state index < -0.39 is 16.5 Å². The summed E-state index contributed by atoms with van der Waals surface area (Å²) in [6.07, 6.45) is 2.98. The van der Waals surface area contributed by atoms with Crippen LogP contribution in [-0.4, -0.2) is 38.7 Å². The molecule has 1 N–H and O–H groups in total. The van der Waals surface area contributed by atoms with Crippen molar-refractivity contribution in [2.24, 2.45) is 0 Å². The third kappa shape index (κ3) is 3.70. The number of benzene rings is 2. The van der Waals surface area contributed by atoms with E-state index in [1.165, 1.54) is 27.4 Å². The molecule has 0 atom stereocenters. The Hall–Kier alpha value is -3.29. The van der Waals surface area contributed by atoms with Crippen molar-refractivity contribution < 1.29 is 23.9 Å². The lowest BCUT2D eigenvalue weighted by Crippen LogP contribution is -2.45. The van der Waals surface area contributed by atoms with Crippen LogP contribution < -0.4 is 19.5 Å². The van der Waals surface area contributed by atoms with Gasteiger partial charge in [0.15, 0.2) is 5.75 Å².